The molecule has 4 nitrogen and oxygen atoms in total. The molecule has 1 heterocycles. The van der Waals surface area contributed by atoms with Crippen molar-refractivity contribution in [3.8, 4) is 0 Å². The van der Waals surface area contributed by atoms with Crippen molar-refractivity contribution in [3.63, 3.8) is 0 Å². The summed E-state index contributed by atoms with van der Waals surface area (Å²) in [5.74, 6) is 3.24. The van der Waals surface area contributed by atoms with Crippen molar-refractivity contribution in [3.05, 3.63) is 11.4 Å². The first-order chi connectivity index (χ1) is 8.04. The Morgan fingerprint density at radius 1 is 1.18 bits per heavy atom. The van der Waals surface area contributed by atoms with Crippen molar-refractivity contribution in [1.82, 2.24) is 9.97 Å². The summed E-state index contributed by atoms with van der Waals surface area (Å²) in [5.41, 5.74) is 1.13. The van der Waals surface area contributed by atoms with Crippen molar-refractivity contribution in [1.29, 1.82) is 0 Å². The molecule has 0 saturated carbocycles. The predicted molar refractivity (Wildman–Crippen MR) is 74.0 cm³/mol. The molecule has 0 atom stereocenters. The van der Waals surface area contributed by atoms with Gasteiger partial charge in [0, 0.05) is 31.6 Å². The third-order valence-electron chi connectivity index (χ3n) is 2.95. The molecule has 0 aromatic carbocycles. The maximum absolute atomic E-state index is 4.70. The number of aromatic nitrogens is 2. The van der Waals surface area contributed by atoms with Gasteiger partial charge < -0.3 is 10.2 Å². The van der Waals surface area contributed by atoms with E-state index in [1.54, 1.807) is 0 Å². The zero-order valence-electron chi connectivity index (χ0n) is 11.8. The van der Waals surface area contributed by atoms with Gasteiger partial charge in [0.2, 0.25) is 0 Å². The number of nitrogens with zero attached hydrogens (tertiary/aromatic N) is 3. The van der Waals surface area contributed by atoms with E-state index in [0.717, 1.165) is 36.1 Å². The van der Waals surface area contributed by atoms with E-state index in [1.165, 1.54) is 0 Å². The van der Waals surface area contributed by atoms with Crippen LogP contribution in [0.3, 0.4) is 0 Å². The van der Waals surface area contributed by atoms with Gasteiger partial charge in [-0.1, -0.05) is 13.8 Å². The molecule has 0 aliphatic carbocycles. The summed E-state index contributed by atoms with van der Waals surface area (Å²) in [6.07, 6.45) is 0. The standard InChI is InChI=1S/C13H24N4/c1-7-17(8-2)13-10(5)12(14-6)15-11(16-13)9(3)4/h9H,7-8H2,1-6H3,(H,14,15,16). The van der Waals surface area contributed by atoms with E-state index in [0.29, 0.717) is 5.92 Å². The van der Waals surface area contributed by atoms with Gasteiger partial charge in [-0.15, -0.1) is 0 Å². The topological polar surface area (TPSA) is 41.1 Å². The maximum Gasteiger partial charge on any atom is 0.137 e. The summed E-state index contributed by atoms with van der Waals surface area (Å²) in [4.78, 5) is 11.5. The van der Waals surface area contributed by atoms with Crippen molar-refractivity contribution >= 4 is 11.6 Å². The molecule has 0 bridgehead atoms. The molecule has 0 unspecified atom stereocenters. The number of nitrogens with one attached hydrogen (secondary N) is 1. The first-order valence-electron chi connectivity index (χ1n) is 6.36. The second-order valence-electron chi connectivity index (χ2n) is 4.46. The van der Waals surface area contributed by atoms with Crippen LogP contribution in [-0.2, 0) is 0 Å². The Labute approximate surface area is 104 Å². The van der Waals surface area contributed by atoms with Crippen LogP contribution in [0.1, 0.15) is 45.0 Å². The third kappa shape index (κ3) is 2.87. The molecular weight excluding hydrogens is 212 g/mol. The second kappa shape index (κ2) is 5.84. The molecular formula is C13H24N4. The molecule has 0 radical (unpaired) electrons. The van der Waals surface area contributed by atoms with Crippen molar-refractivity contribution in [2.45, 2.75) is 40.5 Å². The Morgan fingerprint density at radius 2 is 1.76 bits per heavy atom. The molecule has 0 spiro atoms. The fraction of sp³-hybridized carbons (Fsp3) is 0.692. The van der Waals surface area contributed by atoms with Gasteiger partial charge in [0.25, 0.3) is 0 Å². The minimum absolute atomic E-state index is 0.344. The lowest BCUT2D eigenvalue weighted by Gasteiger charge is -2.24. The Balaban J connectivity index is 3.31. The third-order valence-corrected chi connectivity index (χ3v) is 2.95. The lowest BCUT2D eigenvalue weighted by atomic mass is 10.2. The van der Waals surface area contributed by atoms with E-state index >= 15 is 0 Å². The van der Waals surface area contributed by atoms with E-state index in [2.05, 4.69) is 49.8 Å². The van der Waals surface area contributed by atoms with Gasteiger partial charge in [-0.25, -0.2) is 9.97 Å². The predicted octanol–water partition coefficient (Wildman–Crippen LogP) is 2.80. The molecule has 0 aliphatic heterocycles. The van der Waals surface area contributed by atoms with E-state index in [9.17, 15) is 0 Å². The van der Waals surface area contributed by atoms with Gasteiger partial charge >= 0.3 is 0 Å². The quantitative estimate of drug-likeness (QED) is 0.853. The van der Waals surface area contributed by atoms with Gasteiger partial charge in [-0.3, -0.25) is 0 Å². The molecule has 1 N–H and O–H groups in total. The van der Waals surface area contributed by atoms with Gasteiger partial charge in [-0.05, 0) is 20.8 Å². The minimum Gasteiger partial charge on any atom is -0.373 e. The van der Waals surface area contributed by atoms with Crippen molar-refractivity contribution in [2.75, 3.05) is 30.4 Å². The van der Waals surface area contributed by atoms with E-state index in [-0.39, 0.29) is 0 Å². The largest absolute Gasteiger partial charge is 0.373 e. The summed E-state index contributed by atoms with van der Waals surface area (Å²) < 4.78 is 0. The van der Waals surface area contributed by atoms with Crippen molar-refractivity contribution < 1.29 is 0 Å². The van der Waals surface area contributed by atoms with E-state index in [1.807, 2.05) is 7.05 Å². The normalized spacial score (nSPS) is 10.8. The smallest absolute Gasteiger partial charge is 0.137 e. The maximum atomic E-state index is 4.70. The number of anilines is 2. The highest BCUT2D eigenvalue weighted by atomic mass is 15.2. The SMILES string of the molecule is CCN(CC)c1nc(C(C)C)nc(NC)c1C. The first-order valence-corrected chi connectivity index (χ1v) is 6.36. The van der Waals surface area contributed by atoms with Crippen LogP contribution in [0.5, 0.6) is 0 Å². The number of hydrogen-bond donors (Lipinski definition) is 1. The van der Waals surface area contributed by atoms with Crippen LogP contribution in [-0.4, -0.2) is 30.1 Å². The molecule has 1 aromatic rings. The Hall–Kier alpha value is -1.32. The highest BCUT2D eigenvalue weighted by molar-refractivity contribution is 5.58. The van der Waals surface area contributed by atoms with Gasteiger partial charge in [0.15, 0.2) is 0 Å². The monoisotopic (exact) mass is 236 g/mol. The summed E-state index contributed by atoms with van der Waals surface area (Å²) in [7, 11) is 1.91. The minimum atomic E-state index is 0.344. The molecule has 1 rings (SSSR count). The van der Waals surface area contributed by atoms with Crippen molar-refractivity contribution in [2.24, 2.45) is 0 Å². The Kier molecular flexibility index (Phi) is 4.73. The summed E-state index contributed by atoms with van der Waals surface area (Å²) >= 11 is 0. The lowest BCUT2D eigenvalue weighted by molar-refractivity contribution is 0.753. The lowest BCUT2D eigenvalue weighted by Crippen LogP contribution is -2.25. The van der Waals surface area contributed by atoms with Crippen LogP contribution in [0.15, 0.2) is 0 Å². The average Bonchev–Trinajstić information content (AvgIpc) is 2.32. The zero-order valence-corrected chi connectivity index (χ0v) is 11.8. The Bertz CT molecular complexity index is 370. The van der Waals surface area contributed by atoms with Crippen LogP contribution < -0.4 is 10.2 Å². The molecule has 0 saturated heterocycles. The molecule has 0 amide bonds. The molecule has 0 aliphatic rings. The number of hydrogen-bond acceptors (Lipinski definition) is 4. The average molecular weight is 236 g/mol. The van der Waals surface area contributed by atoms with Gasteiger partial charge in [-0.2, -0.15) is 0 Å². The number of rotatable bonds is 5. The van der Waals surface area contributed by atoms with Gasteiger partial charge in [0.1, 0.15) is 17.5 Å². The van der Waals surface area contributed by atoms with Crippen LogP contribution in [0.2, 0.25) is 0 Å². The fourth-order valence-corrected chi connectivity index (χ4v) is 1.85. The highest BCUT2D eigenvalue weighted by Crippen LogP contribution is 2.25. The Morgan fingerprint density at radius 3 is 2.18 bits per heavy atom. The highest BCUT2D eigenvalue weighted by Gasteiger charge is 2.15. The molecule has 17 heavy (non-hydrogen) atoms. The first kappa shape index (κ1) is 13.7. The second-order valence-corrected chi connectivity index (χ2v) is 4.46. The molecule has 96 valence electrons. The zero-order chi connectivity index (χ0) is 13.0. The van der Waals surface area contributed by atoms with Crippen LogP contribution >= 0.6 is 0 Å². The molecule has 0 fully saturated rings. The van der Waals surface area contributed by atoms with E-state index < -0.39 is 0 Å². The summed E-state index contributed by atoms with van der Waals surface area (Å²) in [6, 6.07) is 0. The molecule has 4 heteroatoms. The van der Waals surface area contributed by atoms with Gasteiger partial charge in [0.05, 0.1) is 0 Å². The van der Waals surface area contributed by atoms with Crippen LogP contribution in [0.4, 0.5) is 11.6 Å². The van der Waals surface area contributed by atoms with Crippen LogP contribution in [0.25, 0.3) is 0 Å². The summed E-state index contributed by atoms with van der Waals surface area (Å²) in [6.45, 7) is 12.6. The fourth-order valence-electron chi connectivity index (χ4n) is 1.85. The van der Waals surface area contributed by atoms with E-state index in [4.69, 9.17) is 4.98 Å². The molecule has 1 aromatic heterocycles. The van der Waals surface area contributed by atoms with Crippen LogP contribution in [0, 0.1) is 6.92 Å². The summed E-state index contributed by atoms with van der Waals surface area (Å²) in [5, 5.41) is 3.16.